The summed E-state index contributed by atoms with van der Waals surface area (Å²) in [4.78, 5) is 24.4. The lowest BCUT2D eigenvalue weighted by Crippen LogP contribution is -2.24. The Hall–Kier alpha value is -2.76. The van der Waals surface area contributed by atoms with E-state index in [9.17, 15) is 9.59 Å². The number of esters is 1. The van der Waals surface area contributed by atoms with Crippen LogP contribution in [0.4, 0.5) is 0 Å². The Morgan fingerprint density at radius 1 is 1.10 bits per heavy atom. The highest BCUT2D eigenvalue weighted by Crippen LogP contribution is 2.24. The summed E-state index contributed by atoms with van der Waals surface area (Å²) in [5.41, 5.74) is 0.627. The minimum atomic E-state index is -1.07. The predicted molar refractivity (Wildman–Crippen MR) is 74.1 cm³/mol. The standard InChI is InChI=1S/C15H14N2O4/c1-20-11-7-5-10(6-8-11)13(15(19)21-2)14(18)12-4-3-9-16-17-12/h3-9,13H,1-2H3/t13-/m1/s1. The van der Waals surface area contributed by atoms with Gasteiger partial charge in [0.25, 0.3) is 0 Å². The minimum absolute atomic E-state index is 0.115. The monoisotopic (exact) mass is 286 g/mol. The van der Waals surface area contributed by atoms with E-state index in [1.165, 1.54) is 26.5 Å². The first-order valence-electron chi connectivity index (χ1n) is 6.21. The molecule has 0 unspecified atom stereocenters. The van der Waals surface area contributed by atoms with E-state index in [1.807, 2.05) is 0 Å². The summed E-state index contributed by atoms with van der Waals surface area (Å²) in [5.74, 6) is -1.54. The molecule has 0 aliphatic rings. The van der Waals surface area contributed by atoms with Crippen LogP contribution in [0.2, 0.25) is 0 Å². The van der Waals surface area contributed by atoms with Crippen LogP contribution in [0.25, 0.3) is 0 Å². The molecule has 0 fully saturated rings. The predicted octanol–water partition coefficient (Wildman–Crippen LogP) is 1.62. The third kappa shape index (κ3) is 3.22. The molecule has 1 aromatic carbocycles. The smallest absolute Gasteiger partial charge is 0.321 e. The number of benzene rings is 1. The fourth-order valence-electron chi connectivity index (χ4n) is 1.89. The molecule has 0 aliphatic carbocycles. The summed E-state index contributed by atoms with van der Waals surface area (Å²) in [6.45, 7) is 0. The Morgan fingerprint density at radius 3 is 2.33 bits per heavy atom. The minimum Gasteiger partial charge on any atom is -0.497 e. The molecule has 6 nitrogen and oxygen atoms in total. The van der Waals surface area contributed by atoms with Crippen molar-refractivity contribution in [2.75, 3.05) is 14.2 Å². The molecule has 0 amide bonds. The molecule has 0 N–H and O–H groups in total. The summed E-state index contributed by atoms with van der Waals surface area (Å²) in [6.07, 6.45) is 1.46. The fraction of sp³-hybridized carbons (Fsp3) is 0.200. The van der Waals surface area contributed by atoms with Gasteiger partial charge in [0.1, 0.15) is 17.4 Å². The molecule has 0 radical (unpaired) electrons. The quantitative estimate of drug-likeness (QED) is 0.472. The van der Waals surface area contributed by atoms with Crippen LogP contribution >= 0.6 is 0 Å². The van der Waals surface area contributed by atoms with E-state index in [4.69, 9.17) is 9.47 Å². The number of ketones is 1. The van der Waals surface area contributed by atoms with Gasteiger partial charge in [-0.3, -0.25) is 9.59 Å². The van der Waals surface area contributed by atoms with E-state index in [2.05, 4.69) is 10.2 Å². The maximum Gasteiger partial charge on any atom is 0.321 e. The number of ether oxygens (including phenoxy) is 2. The summed E-state index contributed by atoms with van der Waals surface area (Å²) in [7, 11) is 2.78. The second-order valence-electron chi connectivity index (χ2n) is 4.20. The third-order valence-electron chi connectivity index (χ3n) is 2.97. The molecule has 1 atom stereocenters. The number of rotatable bonds is 5. The van der Waals surface area contributed by atoms with Gasteiger partial charge in [0.15, 0.2) is 0 Å². The van der Waals surface area contributed by atoms with E-state index in [0.29, 0.717) is 11.3 Å². The molecule has 2 rings (SSSR count). The number of hydrogen-bond donors (Lipinski definition) is 0. The molecular weight excluding hydrogens is 272 g/mol. The van der Waals surface area contributed by atoms with E-state index in [-0.39, 0.29) is 5.69 Å². The lowest BCUT2D eigenvalue weighted by Gasteiger charge is -2.13. The van der Waals surface area contributed by atoms with E-state index < -0.39 is 17.7 Å². The van der Waals surface area contributed by atoms with Crippen LogP contribution in [0.15, 0.2) is 42.6 Å². The number of methoxy groups -OCH3 is 2. The van der Waals surface area contributed by atoms with Crippen molar-refractivity contribution in [2.24, 2.45) is 0 Å². The van der Waals surface area contributed by atoms with Gasteiger partial charge in [-0.15, -0.1) is 5.10 Å². The summed E-state index contributed by atoms with van der Waals surface area (Å²) in [5, 5.41) is 7.39. The lowest BCUT2D eigenvalue weighted by molar-refractivity contribution is -0.141. The molecule has 0 bridgehead atoms. The number of carbonyl (C=O) groups is 2. The number of carbonyl (C=O) groups excluding carboxylic acids is 2. The zero-order chi connectivity index (χ0) is 15.2. The molecule has 0 spiro atoms. The van der Waals surface area contributed by atoms with Gasteiger partial charge in [-0.25, -0.2) is 0 Å². The molecule has 6 heteroatoms. The first-order valence-corrected chi connectivity index (χ1v) is 6.21. The Bertz CT molecular complexity index is 626. The Labute approximate surface area is 121 Å². The van der Waals surface area contributed by atoms with Gasteiger partial charge in [0.05, 0.1) is 14.2 Å². The van der Waals surface area contributed by atoms with Gasteiger partial charge in [0.2, 0.25) is 5.78 Å². The fourth-order valence-corrected chi connectivity index (χ4v) is 1.89. The molecule has 0 saturated heterocycles. The second kappa shape index (κ2) is 6.60. The molecule has 1 heterocycles. The normalized spacial score (nSPS) is 11.5. The number of hydrogen-bond acceptors (Lipinski definition) is 6. The molecule has 2 aromatic rings. The zero-order valence-corrected chi connectivity index (χ0v) is 11.6. The number of nitrogens with zero attached hydrogens (tertiary/aromatic N) is 2. The van der Waals surface area contributed by atoms with E-state index in [0.717, 1.165) is 0 Å². The van der Waals surface area contributed by atoms with Gasteiger partial charge in [-0.2, -0.15) is 5.10 Å². The highest BCUT2D eigenvalue weighted by atomic mass is 16.5. The van der Waals surface area contributed by atoms with Crippen LogP contribution < -0.4 is 4.74 Å². The highest BCUT2D eigenvalue weighted by Gasteiger charge is 2.31. The second-order valence-corrected chi connectivity index (χ2v) is 4.20. The summed E-state index contributed by atoms with van der Waals surface area (Å²) < 4.78 is 9.78. The Kier molecular flexibility index (Phi) is 4.61. The lowest BCUT2D eigenvalue weighted by atomic mass is 9.93. The van der Waals surface area contributed by atoms with Crippen LogP contribution in [-0.4, -0.2) is 36.2 Å². The van der Waals surface area contributed by atoms with Crippen molar-refractivity contribution in [3.05, 3.63) is 53.9 Å². The number of aromatic nitrogens is 2. The van der Waals surface area contributed by atoms with Crippen molar-refractivity contribution in [3.8, 4) is 5.75 Å². The van der Waals surface area contributed by atoms with Crippen molar-refractivity contribution in [2.45, 2.75) is 5.92 Å². The van der Waals surface area contributed by atoms with Crippen LogP contribution in [0.1, 0.15) is 22.0 Å². The van der Waals surface area contributed by atoms with Crippen LogP contribution in [-0.2, 0) is 9.53 Å². The maximum absolute atomic E-state index is 12.5. The van der Waals surface area contributed by atoms with Gasteiger partial charge < -0.3 is 9.47 Å². The molecule has 108 valence electrons. The number of Topliss-reactive ketones (excluding diaryl/α,β-unsaturated/α-hetero) is 1. The van der Waals surface area contributed by atoms with E-state index >= 15 is 0 Å². The molecule has 0 saturated carbocycles. The maximum atomic E-state index is 12.5. The van der Waals surface area contributed by atoms with Gasteiger partial charge in [-0.05, 0) is 29.8 Å². The van der Waals surface area contributed by atoms with E-state index in [1.54, 1.807) is 30.3 Å². The topological polar surface area (TPSA) is 78.4 Å². The Morgan fingerprint density at radius 2 is 1.81 bits per heavy atom. The average molecular weight is 286 g/mol. The van der Waals surface area contributed by atoms with Gasteiger partial charge in [0, 0.05) is 6.20 Å². The molecule has 0 aliphatic heterocycles. The van der Waals surface area contributed by atoms with Crippen molar-refractivity contribution in [1.82, 2.24) is 10.2 Å². The highest BCUT2D eigenvalue weighted by molar-refractivity contribution is 6.11. The van der Waals surface area contributed by atoms with Crippen LogP contribution in [0.3, 0.4) is 0 Å². The first kappa shape index (κ1) is 14.6. The van der Waals surface area contributed by atoms with Crippen molar-refractivity contribution in [3.63, 3.8) is 0 Å². The molecular formula is C15H14N2O4. The SMILES string of the molecule is COC(=O)[C@@H](C(=O)c1cccnn1)c1ccc(OC)cc1. The summed E-state index contributed by atoms with van der Waals surface area (Å²) in [6, 6.07) is 9.74. The van der Waals surface area contributed by atoms with Crippen LogP contribution in [0.5, 0.6) is 5.75 Å². The summed E-state index contributed by atoms with van der Waals surface area (Å²) >= 11 is 0. The third-order valence-corrected chi connectivity index (χ3v) is 2.97. The van der Waals surface area contributed by atoms with Crippen LogP contribution in [0, 0.1) is 0 Å². The molecule has 21 heavy (non-hydrogen) atoms. The largest absolute Gasteiger partial charge is 0.497 e. The van der Waals surface area contributed by atoms with Crippen molar-refractivity contribution in [1.29, 1.82) is 0 Å². The van der Waals surface area contributed by atoms with Gasteiger partial charge in [-0.1, -0.05) is 12.1 Å². The molecule has 1 aromatic heterocycles. The first-order chi connectivity index (χ1) is 10.2. The van der Waals surface area contributed by atoms with Gasteiger partial charge >= 0.3 is 5.97 Å². The average Bonchev–Trinajstić information content (AvgIpc) is 2.56. The van der Waals surface area contributed by atoms with Crippen molar-refractivity contribution < 1.29 is 19.1 Å². The van der Waals surface area contributed by atoms with Crippen molar-refractivity contribution >= 4 is 11.8 Å². The Balaban J connectivity index is 2.38. The zero-order valence-electron chi connectivity index (χ0n) is 11.6.